The zero-order valence-electron chi connectivity index (χ0n) is 9.42. The molecule has 0 aromatic heterocycles. The van der Waals surface area contributed by atoms with Gasteiger partial charge in [0.15, 0.2) is 0 Å². The summed E-state index contributed by atoms with van der Waals surface area (Å²) in [6.07, 6.45) is 1.05. The van der Waals surface area contributed by atoms with Crippen LogP contribution in [0.4, 0.5) is 0 Å². The maximum atomic E-state index is 9.17. The number of likely N-dealkylation sites (tertiary alicyclic amines) is 1. The van der Waals surface area contributed by atoms with Gasteiger partial charge in [-0.2, -0.15) is 12.6 Å². The van der Waals surface area contributed by atoms with Gasteiger partial charge in [-0.15, -0.1) is 0 Å². The highest BCUT2D eigenvalue weighted by Crippen LogP contribution is 2.22. The number of aliphatic hydroxyl groups excluding tert-OH is 1. The van der Waals surface area contributed by atoms with Crippen molar-refractivity contribution in [2.75, 3.05) is 19.7 Å². The summed E-state index contributed by atoms with van der Waals surface area (Å²) in [7, 11) is 0. The van der Waals surface area contributed by atoms with E-state index in [9.17, 15) is 5.11 Å². The molecule has 1 aliphatic heterocycles. The van der Waals surface area contributed by atoms with Gasteiger partial charge in [0.05, 0.1) is 0 Å². The van der Waals surface area contributed by atoms with Crippen molar-refractivity contribution in [3.05, 3.63) is 35.9 Å². The third kappa shape index (κ3) is 3.00. The Morgan fingerprint density at radius 1 is 1.31 bits per heavy atom. The molecule has 0 amide bonds. The number of rotatable bonds is 3. The molecule has 1 N–H and O–H groups in total. The Hall–Kier alpha value is -0.510. The summed E-state index contributed by atoms with van der Waals surface area (Å²) in [6, 6.07) is 10.5. The second kappa shape index (κ2) is 5.71. The summed E-state index contributed by atoms with van der Waals surface area (Å²) in [6.45, 7) is 3.31. The van der Waals surface area contributed by atoms with Crippen LogP contribution in [0.2, 0.25) is 0 Å². The molecule has 88 valence electrons. The first-order chi connectivity index (χ1) is 7.79. The molecule has 0 saturated carbocycles. The van der Waals surface area contributed by atoms with E-state index >= 15 is 0 Å². The van der Waals surface area contributed by atoms with Gasteiger partial charge in [-0.1, -0.05) is 30.3 Å². The number of benzene rings is 1. The minimum atomic E-state index is 0.271. The Labute approximate surface area is 103 Å². The summed E-state index contributed by atoms with van der Waals surface area (Å²) in [5.41, 5.74) is 1.35. The van der Waals surface area contributed by atoms with Crippen molar-refractivity contribution >= 4 is 12.6 Å². The highest BCUT2D eigenvalue weighted by atomic mass is 32.1. The van der Waals surface area contributed by atoms with E-state index in [4.69, 9.17) is 0 Å². The standard InChI is InChI=1S/C13H19NOS/c15-10-12-6-7-14(9-13(12)16)8-11-4-2-1-3-5-11/h1-5,12-13,15-16H,6-10H2. The van der Waals surface area contributed by atoms with Crippen LogP contribution < -0.4 is 0 Å². The van der Waals surface area contributed by atoms with Crippen molar-refractivity contribution in [3.63, 3.8) is 0 Å². The van der Waals surface area contributed by atoms with Crippen LogP contribution in [0, 0.1) is 5.92 Å². The summed E-state index contributed by atoms with van der Waals surface area (Å²) in [5.74, 6) is 0.371. The van der Waals surface area contributed by atoms with Crippen molar-refractivity contribution in [1.82, 2.24) is 4.90 Å². The molecule has 0 aliphatic carbocycles. The quantitative estimate of drug-likeness (QED) is 0.783. The molecule has 0 radical (unpaired) electrons. The highest BCUT2D eigenvalue weighted by molar-refractivity contribution is 7.81. The van der Waals surface area contributed by atoms with Crippen molar-refractivity contribution in [1.29, 1.82) is 0 Å². The monoisotopic (exact) mass is 237 g/mol. The van der Waals surface area contributed by atoms with E-state index in [-0.39, 0.29) is 6.61 Å². The van der Waals surface area contributed by atoms with Crippen LogP contribution in [0.25, 0.3) is 0 Å². The Balaban J connectivity index is 1.89. The zero-order chi connectivity index (χ0) is 11.4. The molecule has 2 nitrogen and oxygen atoms in total. The lowest BCUT2D eigenvalue weighted by Crippen LogP contribution is -2.42. The lowest BCUT2D eigenvalue weighted by atomic mass is 9.97. The molecule has 1 aromatic rings. The number of thiol groups is 1. The van der Waals surface area contributed by atoms with E-state index in [2.05, 4.69) is 41.8 Å². The van der Waals surface area contributed by atoms with Crippen molar-refractivity contribution in [3.8, 4) is 0 Å². The van der Waals surface area contributed by atoms with Crippen LogP contribution in [0.15, 0.2) is 30.3 Å². The molecule has 2 atom stereocenters. The van der Waals surface area contributed by atoms with Gasteiger partial charge in [-0.05, 0) is 24.4 Å². The molecule has 1 aliphatic rings. The topological polar surface area (TPSA) is 23.5 Å². The maximum absolute atomic E-state index is 9.17. The molecule has 0 spiro atoms. The van der Waals surface area contributed by atoms with Gasteiger partial charge >= 0.3 is 0 Å². The largest absolute Gasteiger partial charge is 0.396 e. The number of piperidine rings is 1. The molecule has 1 heterocycles. The van der Waals surface area contributed by atoms with Crippen molar-refractivity contribution < 1.29 is 5.11 Å². The Morgan fingerprint density at radius 3 is 2.69 bits per heavy atom. The minimum absolute atomic E-state index is 0.271. The Kier molecular flexibility index (Phi) is 4.27. The molecule has 0 bridgehead atoms. The van der Waals surface area contributed by atoms with Gasteiger partial charge in [-0.25, -0.2) is 0 Å². The molecule has 1 aromatic carbocycles. The van der Waals surface area contributed by atoms with Gasteiger partial charge in [-0.3, -0.25) is 4.90 Å². The van der Waals surface area contributed by atoms with Crippen molar-refractivity contribution in [2.24, 2.45) is 5.92 Å². The fourth-order valence-corrected chi connectivity index (χ4v) is 2.72. The van der Waals surface area contributed by atoms with Gasteiger partial charge in [0.1, 0.15) is 0 Å². The van der Waals surface area contributed by atoms with E-state index in [0.29, 0.717) is 11.2 Å². The maximum Gasteiger partial charge on any atom is 0.0470 e. The third-order valence-corrected chi connectivity index (χ3v) is 3.87. The molecule has 1 saturated heterocycles. The second-order valence-corrected chi connectivity index (χ2v) is 5.18. The second-order valence-electron chi connectivity index (χ2n) is 4.52. The fraction of sp³-hybridized carbons (Fsp3) is 0.538. The van der Waals surface area contributed by atoms with Crippen LogP contribution in [0.1, 0.15) is 12.0 Å². The molecule has 1 fully saturated rings. The first-order valence-electron chi connectivity index (χ1n) is 5.85. The van der Waals surface area contributed by atoms with Crippen LogP contribution in [0.5, 0.6) is 0 Å². The first kappa shape index (κ1) is 12.0. The smallest absolute Gasteiger partial charge is 0.0470 e. The predicted octanol–water partition coefficient (Wildman–Crippen LogP) is 1.80. The van der Waals surface area contributed by atoms with Gasteiger partial charge < -0.3 is 5.11 Å². The van der Waals surface area contributed by atoms with Crippen LogP contribution in [-0.4, -0.2) is 35.0 Å². The molecular weight excluding hydrogens is 218 g/mol. The number of hydrogen-bond acceptors (Lipinski definition) is 3. The van der Waals surface area contributed by atoms with Crippen LogP contribution >= 0.6 is 12.6 Å². The third-order valence-electron chi connectivity index (χ3n) is 3.29. The molecule has 3 heteroatoms. The normalized spacial score (nSPS) is 26.9. The van der Waals surface area contributed by atoms with E-state index < -0.39 is 0 Å². The average molecular weight is 237 g/mol. The molecule has 16 heavy (non-hydrogen) atoms. The number of hydrogen-bond donors (Lipinski definition) is 2. The SMILES string of the molecule is OCC1CCN(Cc2ccccc2)CC1S. The van der Waals surface area contributed by atoms with Gasteiger partial charge in [0.25, 0.3) is 0 Å². The summed E-state index contributed by atoms with van der Waals surface area (Å²) in [4.78, 5) is 2.42. The van der Waals surface area contributed by atoms with Crippen LogP contribution in [-0.2, 0) is 6.54 Å². The van der Waals surface area contributed by atoms with E-state index in [1.807, 2.05) is 6.07 Å². The molecule has 2 rings (SSSR count). The van der Waals surface area contributed by atoms with Gasteiger partial charge in [0, 0.05) is 24.9 Å². The first-order valence-corrected chi connectivity index (χ1v) is 6.36. The Morgan fingerprint density at radius 2 is 2.06 bits per heavy atom. The fourth-order valence-electron chi connectivity index (χ4n) is 2.24. The van der Waals surface area contributed by atoms with Gasteiger partial charge in [0.2, 0.25) is 0 Å². The minimum Gasteiger partial charge on any atom is -0.396 e. The number of nitrogens with zero attached hydrogens (tertiary/aromatic N) is 1. The van der Waals surface area contributed by atoms with E-state index in [1.165, 1.54) is 5.56 Å². The van der Waals surface area contributed by atoms with Crippen molar-refractivity contribution in [2.45, 2.75) is 18.2 Å². The lowest BCUT2D eigenvalue weighted by molar-refractivity contribution is 0.134. The lowest BCUT2D eigenvalue weighted by Gasteiger charge is -2.35. The van der Waals surface area contributed by atoms with E-state index in [0.717, 1.165) is 26.1 Å². The zero-order valence-corrected chi connectivity index (χ0v) is 10.3. The van der Waals surface area contributed by atoms with Crippen LogP contribution in [0.3, 0.4) is 0 Å². The summed E-state index contributed by atoms with van der Waals surface area (Å²) < 4.78 is 0. The van der Waals surface area contributed by atoms with E-state index in [1.54, 1.807) is 0 Å². The highest BCUT2D eigenvalue weighted by Gasteiger charge is 2.25. The average Bonchev–Trinajstić information content (AvgIpc) is 2.31. The molecular formula is C13H19NOS. The number of aliphatic hydroxyl groups is 1. The summed E-state index contributed by atoms with van der Waals surface area (Å²) in [5, 5.41) is 9.48. The predicted molar refractivity (Wildman–Crippen MR) is 69.7 cm³/mol. The Bertz CT molecular complexity index is 317. The molecule has 2 unspecified atom stereocenters. The summed E-state index contributed by atoms with van der Waals surface area (Å²) >= 11 is 4.56.